The maximum atomic E-state index is 12.4. The number of hydrogen-bond acceptors (Lipinski definition) is 2. The molecule has 1 aromatic carbocycles. The Morgan fingerprint density at radius 1 is 1.16 bits per heavy atom. The van der Waals surface area contributed by atoms with E-state index in [-0.39, 0.29) is 11.9 Å². The third kappa shape index (κ3) is 2.81. The van der Waals surface area contributed by atoms with Gasteiger partial charge in [-0.1, -0.05) is 56.0 Å². The third-order valence-electron chi connectivity index (χ3n) is 4.46. The molecule has 0 spiro atoms. The largest absolute Gasteiger partial charge is 0.328 e. The molecular formula is C16H22N2O. The number of nitrogens with zero attached hydrogens (tertiary/aromatic N) is 1. The van der Waals surface area contributed by atoms with Crippen LogP contribution in [0.15, 0.2) is 30.3 Å². The topological polar surface area (TPSA) is 32.3 Å². The van der Waals surface area contributed by atoms with Crippen molar-refractivity contribution in [1.82, 2.24) is 10.2 Å². The van der Waals surface area contributed by atoms with Crippen LogP contribution in [0.25, 0.3) is 0 Å². The van der Waals surface area contributed by atoms with Crippen LogP contribution in [-0.2, 0) is 4.79 Å². The van der Waals surface area contributed by atoms with Gasteiger partial charge in [0, 0.05) is 6.54 Å². The van der Waals surface area contributed by atoms with E-state index in [0.29, 0.717) is 6.67 Å². The predicted molar refractivity (Wildman–Crippen MR) is 75.5 cm³/mol. The van der Waals surface area contributed by atoms with E-state index in [0.717, 1.165) is 18.0 Å². The summed E-state index contributed by atoms with van der Waals surface area (Å²) in [6, 6.07) is 9.88. The van der Waals surface area contributed by atoms with Crippen molar-refractivity contribution >= 4 is 5.91 Å². The SMILES string of the molecule is O=C1C(c2ccccc2)NCN1CCC1CCCC1. The summed E-state index contributed by atoms with van der Waals surface area (Å²) in [5.74, 6) is 1.09. The van der Waals surface area contributed by atoms with Crippen LogP contribution in [0.1, 0.15) is 43.7 Å². The van der Waals surface area contributed by atoms with Gasteiger partial charge >= 0.3 is 0 Å². The lowest BCUT2D eigenvalue weighted by Gasteiger charge is -2.18. The Bertz CT molecular complexity index is 426. The zero-order valence-electron chi connectivity index (χ0n) is 11.3. The number of hydrogen-bond donors (Lipinski definition) is 1. The van der Waals surface area contributed by atoms with Crippen molar-refractivity contribution in [3.63, 3.8) is 0 Å². The fourth-order valence-corrected chi connectivity index (χ4v) is 3.28. The molecule has 1 atom stereocenters. The molecule has 102 valence electrons. The van der Waals surface area contributed by atoms with Gasteiger partial charge in [0.15, 0.2) is 0 Å². The van der Waals surface area contributed by atoms with E-state index in [1.807, 2.05) is 35.2 Å². The van der Waals surface area contributed by atoms with E-state index in [4.69, 9.17) is 0 Å². The second-order valence-electron chi connectivity index (χ2n) is 5.75. The lowest BCUT2D eigenvalue weighted by atomic mass is 10.0. The zero-order chi connectivity index (χ0) is 13.1. The minimum absolute atomic E-state index is 0.134. The summed E-state index contributed by atoms with van der Waals surface area (Å²) in [5.41, 5.74) is 1.08. The number of carbonyl (C=O) groups is 1. The first-order valence-corrected chi connectivity index (χ1v) is 7.42. The molecule has 1 aromatic rings. The van der Waals surface area contributed by atoms with E-state index < -0.39 is 0 Å². The first-order valence-electron chi connectivity index (χ1n) is 7.42. The highest BCUT2D eigenvalue weighted by atomic mass is 16.2. The Balaban J connectivity index is 1.56. The molecule has 1 N–H and O–H groups in total. The van der Waals surface area contributed by atoms with Crippen LogP contribution in [0, 0.1) is 5.92 Å². The summed E-state index contributed by atoms with van der Waals surface area (Å²) in [5, 5.41) is 3.32. The summed E-state index contributed by atoms with van der Waals surface area (Å²) in [7, 11) is 0. The quantitative estimate of drug-likeness (QED) is 0.900. The van der Waals surface area contributed by atoms with Gasteiger partial charge < -0.3 is 4.90 Å². The highest BCUT2D eigenvalue weighted by molar-refractivity contribution is 5.85. The van der Waals surface area contributed by atoms with Crippen LogP contribution in [0.5, 0.6) is 0 Å². The molecular weight excluding hydrogens is 236 g/mol. The van der Waals surface area contributed by atoms with E-state index in [1.165, 1.54) is 32.1 Å². The summed E-state index contributed by atoms with van der Waals surface area (Å²) in [6.45, 7) is 1.62. The number of amides is 1. The van der Waals surface area contributed by atoms with Crippen molar-refractivity contribution in [2.45, 2.75) is 38.1 Å². The summed E-state index contributed by atoms with van der Waals surface area (Å²) in [6.07, 6.45) is 6.65. The van der Waals surface area contributed by atoms with Gasteiger partial charge in [-0.3, -0.25) is 10.1 Å². The predicted octanol–water partition coefficient (Wildman–Crippen LogP) is 2.70. The van der Waals surface area contributed by atoms with E-state index in [1.54, 1.807) is 0 Å². The van der Waals surface area contributed by atoms with Gasteiger partial charge in [-0.2, -0.15) is 0 Å². The van der Waals surface area contributed by atoms with Gasteiger partial charge in [0.2, 0.25) is 5.91 Å². The minimum Gasteiger partial charge on any atom is -0.328 e. The van der Waals surface area contributed by atoms with Gasteiger partial charge in [0.05, 0.1) is 6.67 Å². The first-order chi connectivity index (χ1) is 9.34. The van der Waals surface area contributed by atoms with Crippen molar-refractivity contribution < 1.29 is 4.79 Å². The first kappa shape index (κ1) is 12.7. The Morgan fingerprint density at radius 3 is 2.63 bits per heavy atom. The van der Waals surface area contributed by atoms with Crippen LogP contribution in [0.4, 0.5) is 0 Å². The second kappa shape index (κ2) is 5.74. The fraction of sp³-hybridized carbons (Fsp3) is 0.562. The Labute approximate surface area is 115 Å². The fourth-order valence-electron chi connectivity index (χ4n) is 3.28. The minimum atomic E-state index is -0.134. The average molecular weight is 258 g/mol. The van der Waals surface area contributed by atoms with Crippen LogP contribution in [0.3, 0.4) is 0 Å². The molecule has 1 saturated carbocycles. The van der Waals surface area contributed by atoms with Crippen LogP contribution < -0.4 is 5.32 Å². The van der Waals surface area contributed by atoms with E-state index in [9.17, 15) is 4.79 Å². The molecule has 1 unspecified atom stereocenters. The van der Waals surface area contributed by atoms with Crippen LogP contribution >= 0.6 is 0 Å². The molecule has 1 aliphatic carbocycles. The van der Waals surface area contributed by atoms with Crippen molar-refractivity contribution in [1.29, 1.82) is 0 Å². The maximum absolute atomic E-state index is 12.4. The zero-order valence-corrected chi connectivity index (χ0v) is 11.3. The molecule has 1 saturated heterocycles. The smallest absolute Gasteiger partial charge is 0.245 e. The Kier molecular flexibility index (Phi) is 3.83. The highest BCUT2D eigenvalue weighted by Crippen LogP contribution is 2.28. The summed E-state index contributed by atoms with van der Waals surface area (Å²) < 4.78 is 0. The monoisotopic (exact) mass is 258 g/mol. The van der Waals surface area contributed by atoms with Gasteiger partial charge in [0.1, 0.15) is 6.04 Å². The standard InChI is InChI=1S/C16H22N2O/c19-16-15(14-8-2-1-3-9-14)17-12-18(16)11-10-13-6-4-5-7-13/h1-3,8-9,13,15,17H,4-7,10-12H2. The summed E-state index contributed by atoms with van der Waals surface area (Å²) >= 11 is 0. The number of nitrogens with one attached hydrogen (secondary N) is 1. The molecule has 1 amide bonds. The Hall–Kier alpha value is -1.35. The lowest BCUT2D eigenvalue weighted by Crippen LogP contribution is -2.29. The third-order valence-corrected chi connectivity index (χ3v) is 4.46. The van der Waals surface area contributed by atoms with Crippen molar-refractivity contribution in [2.24, 2.45) is 5.92 Å². The summed E-state index contributed by atoms with van der Waals surface area (Å²) in [4.78, 5) is 14.4. The molecule has 1 heterocycles. The highest BCUT2D eigenvalue weighted by Gasteiger charge is 2.32. The van der Waals surface area contributed by atoms with E-state index in [2.05, 4.69) is 5.32 Å². The van der Waals surface area contributed by atoms with Crippen molar-refractivity contribution in [3.8, 4) is 0 Å². The average Bonchev–Trinajstić information content (AvgIpc) is 3.07. The maximum Gasteiger partial charge on any atom is 0.245 e. The van der Waals surface area contributed by atoms with Crippen molar-refractivity contribution in [3.05, 3.63) is 35.9 Å². The van der Waals surface area contributed by atoms with Gasteiger partial charge in [0.25, 0.3) is 0 Å². The molecule has 3 heteroatoms. The molecule has 2 fully saturated rings. The Morgan fingerprint density at radius 2 is 1.89 bits per heavy atom. The van der Waals surface area contributed by atoms with E-state index >= 15 is 0 Å². The number of benzene rings is 1. The van der Waals surface area contributed by atoms with Crippen LogP contribution in [0.2, 0.25) is 0 Å². The number of rotatable bonds is 4. The van der Waals surface area contributed by atoms with Crippen molar-refractivity contribution in [2.75, 3.05) is 13.2 Å². The molecule has 19 heavy (non-hydrogen) atoms. The molecule has 2 aliphatic rings. The molecule has 1 aliphatic heterocycles. The molecule has 3 nitrogen and oxygen atoms in total. The second-order valence-corrected chi connectivity index (χ2v) is 5.75. The lowest BCUT2D eigenvalue weighted by molar-refractivity contribution is -0.129. The molecule has 0 aromatic heterocycles. The number of carbonyl (C=O) groups excluding carboxylic acids is 1. The molecule has 0 radical (unpaired) electrons. The van der Waals surface area contributed by atoms with Crippen LogP contribution in [-0.4, -0.2) is 24.0 Å². The molecule has 3 rings (SSSR count). The van der Waals surface area contributed by atoms with Gasteiger partial charge in [-0.15, -0.1) is 0 Å². The molecule has 0 bridgehead atoms. The van der Waals surface area contributed by atoms with Gasteiger partial charge in [-0.25, -0.2) is 0 Å². The normalized spacial score (nSPS) is 24.3. The van der Waals surface area contributed by atoms with Gasteiger partial charge in [-0.05, 0) is 17.9 Å².